The van der Waals surface area contributed by atoms with Crippen LogP contribution in [-0.2, 0) is 6.54 Å². The van der Waals surface area contributed by atoms with Crippen LogP contribution in [0.15, 0.2) is 79.0 Å². The van der Waals surface area contributed by atoms with Gasteiger partial charge in [-0.2, -0.15) is 0 Å². The van der Waals surface area contributed by atoms with Gasteiger partial charge < -0.3 is 10.2 Å². The number of H-pyrrole nitrogens is 1. The van der Waals surface area contributed by atoms with Gasteiger partial charge in [0.05, 0.1) is 11.9 Å². The number of pyridine rings is 2. The zero-order valence-corrected chi connectivity index (χ0v) is 21.6. The second kappa shape index (κ2) is 11.2. The Bertz CT molecular complexity index is 1500. The van der Waals surface area contributed by atoms with Crippen molar-refractivity contribution >= 4 is 17.3 Å². The molecule has 2 N–H and O–H groups in total. The van der Waals surface area contributed by atoms with Crippen LogP contribution >= 0.6 is 0 Å². The summed E-state index contributed by atoms with van der Waals surface area (Å²) in [6.07, 6.45) is 1.21. The summed E-state index contributed by atoms with van der Waals surface area (Å²) in [6, 6.07) is 23.7. The molecule has 0 saturated heterocycles. The van der Waals surface area contributed by atoms with Crippen molar-refractivity contribution < 1.29 is 4.39 Å². The number of halogens is 1. The second-order valence-electron chi connectivity index (χ2n) is 9.60. The van der Waals surface area contributed by atoms with E-state index in [2.05, 4.69) is 61.8 Å². The molecule has 192 valence electrons. The average Bonchev–Trinajstić information content (AvgIpc) is 3.45. The lowest BCUT2D eigenvalue weighted by molar-refractivity contribution is 0.605. The molecule has 0 saturated carbocycles. The van der Waals surface area contributed by atoms with Gasteiger partial charge in [-0.3, -0.25) is 0 Å². The van der Waals surface area contributed by atoms with Crippen molar-refractivity contribution in [3.8, 4) is 22.6 Å². The molecule has 0 aliphatic rings. The lowest BCUT2D eigenvalue weighted by Crippen LogP contribution is -2.28. The number of hydrogen-bond donors (Lipinski definition) is 2. The van der Waals surface area contributed by atoms with Crippen LogP contribution in [0.4, 0.5) is 21.7 Å². The largest absolute Gasteiger partial charge is 0.352 e. The Kier molecular flexibility index (Phi) is 7.35. The molecular formula is C29H29FN8. The SMILES string of the molecule is Cc1cc(F)cnc1Nc1cc(-c2ccccc2-c2nnn[nH]2)nc(N(Cc2ccccc2)CC(C)C)c1. The standard InChI is InChI=1S/C29H29FN8/c1-19(2)17-38(18-21-9-5-4-6-10-21)27-15-23(32-28-20(3)13-22(30)16-31-28)14-26(33-27)24-11-7-8-12-25(24)29-34-36-37-35-29/h4-16,19H,17-18H2,1-3H3,(H,31,32,33)(H,34,35,36,37). The summed E-state index contributed by atoms with van der Waals surface area (Å²) < 4.78 is 13.7. The van der Waals surface area contributed by atoms with E-state index in [1.807, 2.05) is 61.5 Å². The first kappa shape index (κ1) is 25.0. The van der Waals surface area contributed by atoms with E-state index in [0.717, 1.165) is 34.9 Å². The number of aryl methyl sites for hydroxylation is 1. The summed E-state index contributed by atoms with van der Waals surface area (Å²) in [5.74, 6) is 1.99. The number of anilines is 3. The summed E-state index contributed by atoms with van der Waals surface area (Å²) in [5.41, 5.74) is 5.16. The first-order chi connectivity index (χ1) is 18.5. The van der Waals surface area contributed by atoms with Crippen LogP contribution in [0.5, 0.6) is 0 Å². The summed E-state index contributed by atoms with van der Waals surface area (Å²) in [6.45, 7) is 7.73. The van der Waals surface area contributed by atoms with E-state index in [1.165, 1.54) is 17.8 Å². The fourth-order valence-corrected chi connectivity index (χ4v) is 4.37. The zero-order valence-electron chi connectivity index (χ0n) is 21.6. The molecule has 0 atom stereocenters. The van der Waals surface area contributed by atoms with Crippen LogP contribution in [0.25, 0.3) is 22.6 Å². The Morgan fingerprint density at radius 1 is 0.974 bits per heavy atom. The maximum Gasteiger partial charge on any atom is 0.180 e. The van der Waals surface area contributed by atoms with Crippen molar-refractivity contribution in [2.75, 3.05) is 16.8 Å². The van der Waals surface area contributed by atoms with E-state index in [4.69, 9.17) is 4.98 Å². The van der Waals surface area contributed by atoms with Gasteiger partial charge in [-0.1, -0.05) is 68.4 Å². The van der Waals surface area contributed by atoms with Gasteiger partial charge in [0.15, 0.2) is 5.82 Å². The lowest BCUT2D eigenvalue weighted by Gasteiger charge is -2.27. The molecule has 3 heterocycles. The molecule has 3 aromatic heterocycles. The van der Waals surface area contributed by atoms with Crippen LogP contribution in [0, 0.1) is 18.7 Å². The third kappa shape index (κ3) is 5.83. The molecule has 0 amide bonds. The maximum atomic E-state index is 13.7. The number of nitrogens with zero attached hydrogens (tertiary/aromatic N) is 6. The Hall–Kier alpha value is -4.66. The smallest absolute Gasteiger partial charge is 0.180 e. The number of aromatic nitrogens is 6. The number of rotatable bonds is 9. The van der Waals surface area contributed by atoms with Crippen molar-refractivity contribution in [2.45, 2.75) is 27.3 Å². The van der Waals surface area contributed by atoms with Crippen molar-refractivity contribution in [3.63, 3.8) is 0 Å². The topological polar surface area (TPSA) is 95.5 Å². The summed E-state index contributed by atoms with van der Waals surface area (Å²) in [5, 5.41) is 17.9. The Morgan fingerprint density at radius 2 is 1.74 bits per heavy atom. The highest BCUT2D eigenvalue weighted by Crippen LogP contribution is 2.33. The highest BCUT2D eigenvalue weighted by atomic mass is 19.1. The predicted octanol–water partition coefficient (Wildman–Crippen LogP) is 6.18. The highest BCUT2D eigenvalue weighted by molar-refractivity contribution is 5.81. The van der Waals surface area contributed by atoms with E-state index in [9.17, 15) is 4.39 Å². The molecule has 0 unspecified atom stereocenters. The lowest BCUT2D eigenvalue weighted by atomic mass is 10.0. The van der Waals surface area contributed by atoms with E-state index < -0.39 is 0 Å². The van der Waals surface area contributed by atoms with Gasteiger partial charge >= 0.3 is 0 Å². The van der Waals surface area contributed by atoms with Gasteiger partial charge in [0, 0.05) is 36.0 Å². The van der Waals surface area contributed by atoms with Crippen molar-refractivity contribution in [1.82, 2.24) is 30.6 Å². The third-order valence-electron chi connectivity index (χ3n) is 6.05. The van der Waals surface area contributed by atoms with E-state index in [-0.39, 0.29) is 5.82 Å². The van der Waals surface area contributed by atoms with Crippen LogP contribution in [0.1, 0.15) is 25.0 Å². The Morgan fingerprint density at radius 3 is 2.45 bits per heavy atom. The number of aromatic amines is 1. The fraction of sp³-hybridized carbons (Fsp3) is 0.207. The molecule has 0 bridgehead atoms. The first-order valence-corrected chi connectivity index (χ1v) is 12.5. The van der Waals surface area contributed by atoms with E-state index in [0.29, 0.717) is 29.7 Å². The molecule has 0 aliphatic carbocycles. The molecule has 0 fully saturated rings. The van der Waals surface area contributed by atoms with Crippen LogP contribution in [0.2, 0.25) is 0 Å². The molecule has 5 rings (SSSR count). The minimum absolute atomic E-state index is 0.371. The van der Waals surface area contributed by atoms with E-state index >= 15 is 0 Å². The molecule has 0 aliphatic heterocycles. The van der Waals surface area contributed by atoms with Crippen molar-refractivity contribution in [2.24, 2.45) is 5.92 Å². The van der Waals surface area contributed by atoms with Gasteiger partial charge in [0.1, 0.15) is 17.5 Å². The van der Waals surface area contributed by atoms with Gasteiger partial charge in [-0.25, -0.2) is 19.5 Å². The predicted molar refractivity (Wildman–Crippen MR) is 147 cm³/mol. The zero-order chi connectivity index (χ0) is 26.5. The monoisotopic (exact) mass is 508 g/mol. The normalized spacial score (nSPS) is 11.1. The van der Waals surface area contributed by atoms with Crippen LogP contribution in [-0.4, -0.2) is 37.1 Å². The third-order valence-corrected chi connectivity index (χ3v) is 6.05. The number of benzene rings is 2. The quantitative estimate of drug-likeness (QED) is 0.246. The molecule has 9 heteroatoms. The number of tetrazole rings is 1. The van der Waals surface area contributed by atoms with Crippen LogP contribution < -0.4 is 10.2 Å². The Labute approximate surface area is 221 Å². The minimum Gasteiger partial charge on any atom is -0.352 e. The summed E-state index contributed by atoms with van der Waals surface area (Å²) >= 11 is 0. The molecular weight excluding hydrogens is 479 g/mol. The average molecular weight is 509 g/mol. The first-order valence-electron chi connectivity index (χ1n) is 12.5. The van der Waals surface area contributed by atoms with Gasteiger partial charge in [-0.15, -0.1) is 5.10 Å². The van der Waals surface area contributed by atoms with E-state index in [1.54, 1.807) is 0 Å². The molecule has 0 radical (unpaired) electrons. The number of hydrogen-bond acceptors (Lipinski definition) is 7. The molecule has 2 aromatic carbocycles. The second-order valence-corrected chi connectivity index (χ2v) is 9.60. The molecule has 38 heavy (non-hydrogen) atoms. The molecule has 0 spiro atoms. The van der Waals surface area contributed by atoms with Crippen molar-refractivity contribution in [3.05, 3.63) is 95.9 Å². The van der Waals surface area contributed by atoms with Gasteiger partial charge in [0.25, 0.3) is 0 Å². The minimum atomic E-state index is -0.371. The fourth-order valence-electron chi connectivity index (χ4n) is 4.37. The van der Waals surface area contributed by atoms with Gasteiger partial charge in [-0.05, 0) is 46.5 Å². The van der Waals surface area contributed by atoms with Crippen LogP contribution in [0.3, 0.4) is 0 Å². The Balaban J connectivity index is 1.63. The molecule has 5 aromatic rings. The van der Waals surface area contributed by atoms with Gasteiger partial charge in [0.2, 0.25) is 0 Å². The maximum absolute atomic E-state index is 13.7. The highest BCUT2D eigenvalue weighted by Gasteiger charge is 2.17. The van der Waals surface area contributed by atoms with Crippen molar-refractivity contribution in [1.29, 1.82) is 0 Å². The summed E-state index contributed by atoms with van der Waals surface area (Å²) in [4.78, 5) is 11.7. The number of nitrogens with one attached hydrogen (secondary N) is 2. The molecule has 8 nitrogen and oxygen atoms in total. The summed E-state index contributed by atoms with van der Waals surface area (Å²) in [7, 11) is 0.